The normalized spacial score (nSPS) is 11.0. The molecule has 0 amide bonds. The van der Waals surface area contributed by atoms with Gasteiger partial charge in [0, 0.05) is 0 Å². The summed E-state index contributed by atoms with van der Waals surface area (Å²) in [7, 11) is -4.67. The molecule has 0 atom stereocenters. The maximum Gasteiger partial charge on any atom is 1.00 e. The first-order valence-electron chi connectivity index (χ1n) is 5.12. The van der Waals surface area contributed by atoms with Crippen LogP contribution in [0.25, 0.3) is 0 Å². The maximum atomic E-state index is 8.74. The molecule has 0 aliphatic heterocycles. The zero-order valence-corrected chi connectivity index (χ0v) is 14.2. The third kappa shape index (κ3) is 11.2. The molecular formula is C12H19NaO4S. The molecule has 0 radical (unpaired) electrons. The average Bonchev–Trinajstić information content (AvgIpc) is 2.14. The third-order valence-electron chi connectivity index (χ3n) is 2.11. The van der Waals surface area contributed by atoms with E-state index in [1.165, 1.54) is 11.1 Å². The van der Waals surface area contributed by atoms with Crippen molar-refractivity contribution in [1.82, 2.24) is 0 Å². The average molecular weight is 282 g/mol. The fraction of sp³-hybridized carbons (Fsp3) is 0.417. The van der Waals surface area contributed by atoms with Crippen molar-refractivity contribution in [2.75, 3.05) is 0 Å². The Hall–Kier alpha value is 0.0900. The summed E-state index contributed by atoms with van der Waals surface area (Å²) in [6.07, 6.45) is 0.879. The zero-order chi connectivity index (χ0) is 13.7. The summed E-state index contributed by atoms with van der Waals surface area (Å²) in [4.78, 5) is 0. The van der Waals surface area contributed by atoms with E-state index in [2.05, 4.69) is 52.0 Å². The molecule has 4 nitrogen and oxygen atoms in total. The van der Waals surface area contributed by atoms with Crippen molar-refractivity contribution in [1.29, 1.82) is 0 Å². The Morgan fingerprint density at radius 3 is 1.67 bits per heavy atom. The van der Waals surface area contributed by atoms with Gasteiger partial charge >= 0.3 is 40.0 Å². The molecule has 98 valence electrons. The summed E-state index contributed by atoms with van der Waals surface area (Å²) >= 11 is 0. The summed E-state index contributed by atoms with van der Waals surface area (Å²) < 4.78 is 31.6. The van der Waals surface area contributed by atoms with E-state index in [0.717, 1.165) is 6.42 Å². The molecule has 1 aromatic rings. The Labute approximate surface area is 132 Å². The second-order valence-electron chi connectivity index (χ2n) is 4.64. The third-order valence-corrected chi connectivity index (χ3v) is 2.11. The summed E-state index contributed by atoms with van der Waals surface area (Å²) in [6.45, 7) is 10.5. The molecule has 0 saturated heterocycles. The molecule has 0 aliphatic rings. The van der Waals surface area contributed by atoms with E-state index < -0.39 is 10.4 Å². The van der Waals surface area contributed by atoms with Crippen LogP contribution in [0.1, 0.15) is 31.9 Å². The first kappa shape index (κ1) is 20.4. The molecule has 0 heterocycles. The van der Waals surface area contributed by atoms with E-state index in [-0.39, 0.29) is 35.0 Å². The smallest absolute Gasteiger partial charge is 0.339 e. The minimum absolute atomic E-state index is 0. The molecule has 0 fully saturated rings. The number of benzene rings is 1. The first-order valence-corrected chi connectivity index (χ1v) is 6.52. The van der Waals surface area contributed by atoms with Gasteiger partial charge in [0.2, 0.25) is 0 Å². The second kappa shape index (κ2) is 8.30. The second-order valence-corrected chi connectivity index (χ2v) is 5.54. The Morgan fingerprint density at radius 2 is 1.44 bits per heavy atom. The molecule has 1 rings (SSSR count). The van der Waals surface area contributed by atoms with Gasteiger partial charge in [0.25, 0.3) is 0 Å². The van der Waals surface area contributed by atoms with Gasteiger partial charge in [-0.25, -0.2) is 0 Å². The van der Waals surface area contributed by atoms with Crippen molar-refractivity contribution >= 4 is 10.4 Å². The van der Waals surface area contributed by atoms with E-state index >= 15 is 0 Å². The van der Waals surface area contributed by atoms with Gasteiger partial charge in [-0.1, -0.05) is 50.6 Å². The molecule has 1 aromatic carbocycles. The van der Waals surface area contributed by atoms with E-state index in [4.69, 9.17) is 17.5 Å². The first-order chi connectivity index (χ1) is 7.54. The molecular weight excluding hydrogens is 263 g/mol. The summed E-state index contributed by atoms with van der Waals surface area (Å²) in [6, 6.07) is 8.71. The van der Waals surface area contributed by atoms with Crippen molar-refractivity contribution in [3.63, 3.8) is 0 Å². The largest absolute Gasteiger partial charge is 1.00 e. The zero-order valence-electron chi connectivity index (χ0n) is 11.3. The van der Waals surface area contributed by atoms with Crippen molar-refractivity contribution in [2.24, 2.45) is 0 Å². The van der Waals surface area contributed by atoms with Gasteiger partial charge in [-0.05, 0) is 11.0 Å². The van der Waals surface area contributed by atoms with Crippen LogP contribution in [0.5, 0.6) is 0 Å². The predicted molar refractivity (Wildman–Crippen MR) is 68.4 cm³/mol. The quantitative estimate of drug-likeness (QED) is 0.422. The number of rotatable bonds is 1. The molecule has 0 unspecified atom stereocenters. The Morgan fingerprint density at radius 1 is 1.11 bits per heavy atom. The van der Waals surface area contributed by atoms with Crippen LogP contribution in [0.15, 0.2) is 24.3 Å². The number of hydrogen-bond donors (Lipinski definition) is 2. The minimum atomic E-state index is -4.67. The van der Waals surface area contributed by atoms with Crippen LogP contribution >= 0.6 is 0 Å². The van der Waals surface area contributed by atoms with Crippen LogP contribution in [-0.2, 0) is 22.2 Å². The molecule has 0 saturated carbocycles. The minimum Gasteiger partial charge on any atom is -0.339 e. The van der Waals surface area contributed by atoms with E-state index in [1.54, 1.807) is 0 Å². The van der Waals surface area contributed by atoms with Gasteiger partial charge in [-0.3, -0.25) is 9.11 Å². The van der Waals surface area contributed by atoms with Crippen molar-refractivity contribution in [2.45, 2.75) is 32.6 Å². The van der Waals surface area contributed by atoms with Crippen LogP contribution in [-0.4, -0.2) is 17.5 Å². The van der Waals surface area contributed by atoms with Gasteiger partial charge < -0.3 is 6.92 Å². The van der Waals surface area contributed by atoms with Crippen molar-refractivity contribution < 1.29 is 47.1 Å². The van der Waals surface area contributed by atoms with Gasteiger partial charge in [-0.15, -0.1) is 0 Å². The van der Waals surface area contributed by atoms with Gasteiger partial charge in [0.15, 0.2) is 0 Å². The Bertz CT molecular complexity index is 424. The van der Waals surface area contributed by atoms with E-state index in [1.807, 2.05) is 0 Å². The molecule has 0 aromatic heterocycles. The SMILES string of the molecule is O=S(=O)(O)O.[CH2-]Cc1ccc(C(C)(C)C)cc1.[Na+]. The van der Waals surface area contributed by atoms with Gasteiger partial charge in [0.1, 0.15) is 0 Å². The summed E-state index contributed by atoms with van der Waals surface area (Å²) in [5, 5.41) is 0. The fourth-order valence-corrected chi connectivity index (χ4v) is 1.17. The van der Waals surface area contributed by atoms with Crippen LogP contribution in [0.2, 0.25) is 0 Å². The summed E-state index contributed by atoms with van der Waals surface area (Å²) in [5.74, 6) is 0. The van der Waals surface area contributed by atoms with E-state index in [0.29, 0.717) is 0 Å². The molecule has 2 N–H and O–H groups in total. The topological polar surface area (TPSA) is 74.6 Å². The number of hydrogen-bond acceptors (Lipinski definition) is 2. The van der Waals surface area contributed by atoms with Crippen LogP contribution in [0.4, 0.5) is 0 Å². The fourth-order valence-electron chi connectivity index (χ4n) is 1.17. The van der Waals surface area contributed by atoms with Crippen LogP contribution < -0.4 is 29.6 Å². The van der Waals surface area contributed by atoms with Crippen molar-refractivity contribution in [3.8, 4) is 0 Å². The summed E-state index contributed by atoms with van der Waals surface area (Å²) in [5.41, 5.74) is 2.96. The van der Waals surface area contributed by atoms with Crippen molar-refractivity contribution in [3.05, 3.63) is 42.3 Å². The van der Waals surface area contributed by atoms with Gasteiger partial charge in [0.05, 0.1) is 0 Å². The molecule has 0 spiro atoms. The van der Waals surface area contributed by atoms with Crippen LogP contribution in [0.3, 0.4) is 0 Å². The van der Waals surface area contributed by atoms with Gasteiger partial charge in [-0.2, -0.15) is 14.8 Å². The molecule has 0 aliphatic carbocycles. The predicted octanol–water partition coefficient (Wildman–Crippen LogP) is -0.288. The standard InChI is InChI=1S/C12H17.Na.H2O4S/c1-5-10-6-8-11(9-7-10)12(2,3)4;;1-5(2,3)4/h6-9H,1,5H2,2-4H3;;(H2,1,2,3,4)/q-1;+1;. The molecule has 18 heavy (non-hydrogen) atoms. The molecule has 6 heteroatoms. The Kier molecular flexibility index (Phi) is 9.41. The maximum absolute atomic E-state index is 8.74. The Balaban J connectivity index is 0. The monoisotopic (exact) mass is 282 g/mol. The molecule has 0 bridgehead atoms. The van der Waals surface area contributed by atoms with E-state index in [9.17, 15) is 0 Å². The van der Waals surface area contributed by atoms with Crippen LogP contribution in [0, 0.1) is 6.92 Å².